The fourth-order valence-corrected chi connectivity index (χ4v) is 4.45. The van der Waals surface area contributed by atoms with Crippen molar-refractivity contribution >= 4 is 21.6 Å². The molecule has 7 heteroatoms. The number of aromatic nitrogens is 1. The van der Waals surface area contributed by atoms with Gasteiger partial charge in [0.1, 0.15) is 0 Å². The minimum atomic E-state index is -3.29. The van der Waals surface area contributed by atoms with Crippen molar-refractivity contribution in [3.63, 3.8) is 0 Å². The maximum Gasteiger partial charge on any atom is 0.255 e. The lowest BCUT2D eigenvalue weighted by Gasteiger charge is -2.25. The SMILES string of the molecule is O=C(Nc1cccnc1)c1ccc(CS(=O)(=O)N2CCCCC2)cc1. The van der Waals surface area contributed by atoms with Crippen LogP contribution in [0.5, 0.6) is 0 Å². The summed E-state index contributed by atoms with van der Waals surface area (Å²) in [5.74, 6) is -0.282. The van der Waals surface area contributed by atoms with Crippen molar-refractivity contribution in [2.75, 3.05) is 18.4 Å². The van der Waals surface area contributed by atoms with E-state index in [1.165, 1.54) is 0 Å². The molecule has 0 aliphatic carbocycles. The summed E-state index contributed by atoms with van der Waals surface area (Å²) in [6.07, 6.45) is 6.14. The molecule has 0 radical (unpaired) electrons. The lowest BCUT2D eigenvalue weighted by Crippen LogP contribution is -2.36. The molecule has 1 fully saturated rings. The van der Waals surface area contributed by atoms with Crippen molar-refractivity contribution in [2.45, 2.75) is 25.0 Å². The fourth-order valence-electron chi connectivity index (χ4n) is 2.84. The monoisotopic (exact) mass is 359 g/mol. The molecule has 0 unspecified atom stereocenters. The van der Waals surface area contributed by atoms with E-state index in [9.17, 15) is 13.2 Å². The van der Waals surface area contributed by atoms with E-state index in [1.807, 2.05) is 0 Å². The van der Waals surface area contributed by atoms with E-state index >= 15 is 0 Å². The number of benzene rings is 1. The molecule has 1 aromatic carbocycles. The highest BCUT2D eigenvalue weighted by Gasteiger charge is 2.24. The molecule has 0 spiro atoms. The number of hydrogen-bond acceptors (Lipinski definition) is 4. The molecule has 1 amide bonds. The Hall–Kier alpha value is -2.25. The van der Waals surface area contributed by atoms with Crippen molar-refractivity contribution in [1.82, 2.24) is 9.29 Å². The van der Waals surface area contributed by atoms with Crippen LogP contribution < -0.4 is 5.32 Å². The van der Waals surface area contributed by atoms with E-state index in [0.29, 0.717) is 29.9 Å². The van der Waals surface area contributed by atoms with Crippen molar-refractivity contribution in [3.8, 4) is 0 Å². The normalized spacial score (nSPS) is 15.7. The lowest BCUT2D eigenvalue weighted by molar-refractivity contribution is 0.102. The number of carbonyl (C=O) groups is 1. The van der Waals surface area contributed by atoms with E-state index < -0.39 is 10.0 Å². The van der Waals surface area contributed by atoms with Crippen LogP contribution >= 0.6 is 0 Å². The van der Waals surface area contributed by atoms with E-state index in [2.05, 4.69) is 10.3 Å². The number of anilines is 1. The van der Waals surface area contributed by atoms with Crippen LogP contribution in [0.25, 0.3) is 0 Å². The molecule has 132 valence electrons. The molecule has 1 N–H and O–H groups in total. The second-order valence-corrected chi connectivity index (χ2v) is 8.08. The molecule has 1 saturated heterocycles. The molecule has 0 atom stereocenters. The van der Waals surface area contributed by atoms with Gasteiger partial charge in [0.15, 0.2) is 0 Å². The first-order chi connectivity index (χ1) is 12.0. The third kappa shape index (κ3) is 4.64. The molecule has 1 aliphatic heterocycles. The lowest BCUT2D eigenvalue weighted by atomic mass is 10.1. The van der Waals surface area contributed by atoms with Gasteiger partial charge < -0.3 is 5.32 Å². The van der Waals surface area contributed by atoms with Crippen LogP contribution in [0.4, 0.5) is 5.69 Å². The number of piperidine rings is 1. The number of amides is 1. The molecule has 3 rings (SSSR count). The van der Waals surface area contributed by atoms with Crippen molar-refractivity contribution in [2.24, 2.45) is 0 Å². The van der Waals surface area contributed by atoms with Crippen LogP contribution in [0.1, 0.15) is 35.2 Å². The zero-order valence-electron chi connectivity index (χ0n) is 13.9. The average Bonchev–Trinajstić information content (AvgIpc) is 2.63. The molecular weight excluding hydrogens is 338 g/mol. The van der Waals surface area contributed by atoms with Gasteiger partial charge in [-0.1, -0.05) is 18.6 Å². The maximum atomic E-state index is 12.5. The van der Waals surface area contributed by atoms with Crippen LogP contribution in [0.3, 0.4) is 0 Å². The predicted molar refractivity (Wildman–Crippen MR) is 96.7 cm³/mol. The molecule has 0 saturated carbocycles. The van der Waals surface area contributed by atoms with E-state index in [1.54, 1.807) is 53.1 Å². The second-order valence-electron chi connectivity index (χ2n) is 6.11. The van der Waals surface area contributed by atoms with Crippen LogP contribution in [0.2, 0.25) is 0 Å². The number of pyridine rings is 1. The van der Waals surface area contributed by atoms with Crippen molar-refractivity contribution < 1.29 is 13.2 Å². The van der Waals surface area contributed by atoms with Gasteiger partial charge in [-0.2, -0.15) is 0 Å². The Morgan fingerprint density at radius 2 is 1.80 bits per heavy atom. The van der Waals surface area contributed by atoms with Gasteiger partial charge in [-0.3, -0.25) is 9.78 Å². The number of rotatable bonds is 5. The molecule has 2 heterocycles. The summed E-state index contributed by atoms with van der Waals surface area (Å²) in [4.78, 5) is 16.1. The first-order valence-corrected chi connectivity index (χ1v) is 9.94. The van der Waals surface area contributed by atoms with Crippen LogP contribution in [0, 0.1) is 0 Å². The highest BCUT2D eigenvalue weighted by molar-refractivity contribution is 7.88. The largest absolute Gasteiger partial charge is 0.321 e. The third-order valence-corrected chi connectivity index (χ3v) is 6.04. The van der Waals surface area contributed by atoms with Gasteiger partial charge in [-0.25, -0.2) is 12.7 Å². The molecule has 1 aliphatic rings. The van der Waals surface area contributed by atoms with Gasteiger partial charge >= 0.3 is 0 Å². The van der Waals surface area contributed by atoms with E-state index in [-0.39, 0.29) is 11.7 Å². The molecule has 0 bridgehead atoms. The summed E-state index contributed by atoms with van der Waals surface area (Å²) in [6, 6.07) is 10.2. The van der Waals surface area contributed by atoms with Crippen LogP contribution in [-0.2, 0) is 15.8 Å². The molecule has 25 heavy (non-hydrogen) atoms. The van der Waals surface area contributed by atoms with Gasteiger partial charge in [-0.05, 0) is 42.7 Å². The summed E-state index contributed by atoms with van der Waals surface area (Å²) in [7, 11) is -3.29. The van der Waals surface area contributed by atoms with Gasteiger partial charge in [0.25, 0.3) is 5.91 Å². The third-order valence-electron chi connectivity index (χ3n) is 4.19. The molecule has 2 aromatic rings. The smallest absolute Gasteiger partial charge is 0.255 e. The molecular formula is C18H21N3O3S. The molecule has 6 nitrogen and oxygen atoms in total. The maximum absolute atomic E-state index is 12.5. The zero-order valence-corrected chi connectivity index (χ0v) is 14.7. The summed E-state index contributed by atoms with van der Waals surface area (Å²) < 4.78 is 26.5. The van der Waals surface area contributed by atoms with E-state index in [4.69, 9.17) is 0 Å². The number of carbonyl (C=O) groups excluding carboxylic acids is 1. The van der Waals surface area contributed by atoms with Gasteiger partial charge in [-0.15, -0.1) is 0 Å². The standard InChI is InChI=1S/C18H21N3O3S/c22-18(20-17-5-4-10-19-13-17)16-8-6-15(7-9-16)14-25(23,24)21-11-2-1-3-12-21/h4-10,13H,1-3,11-12,14H2,(H,20,22). The highest BCUT2D eigenvalue weighted by Crippen LogP contribution is 2.18. The highest BCUT2D eigenvalue weighted by atomic mass is 32.2. The Balaban J connectivity index is 1.64. The Kier molecular flexibility index (Phi) is 5.45. The predicted octanol–water partition coefficient (Wildman–Crippen LogP) is 2.65. The summed E-state index contributed by atoms with van der Waals surface area (Å²) in [5.41, 5.74) is 1.77. The van der Waals surface area contributed by atoms with Crippen molar-refractivity contribution in [1.29, 1.82) is 0 Å². The zero-order chi connectivity index (χ0) is 17.7. The van der Waals surface area contributed by atoms with E-state index in [0.717, 1.165) is 19.3 Å². The van der Waals surface area contributed by atoms with Crippen LogP contribution in [0.15, 0.2) is 48.8 Å². The summed E-state index contributed by atoms with van der Waals surface area (Å²) >= 11 is 0. The number of nitrogens with one attached hydrogen (secondary N) is 1. The number of nitrogens with zero attached hydrogens (tertiary/aromatic N) is 2. The Morgan fingerprint density at radius 3 is 2.44 bits per heavy atom. The summed E-state index contributed by atoms with van der Waals surface area (Å²) in [6.45, 7) is 1.21. The minimum absolute atomic E-state index is 0.0303. The average molecular weight is 359 g/mol. The number of hydrogen-bond donors (Lipinski definition) is 1. The second kappa shape index (κ2) is 7.76. The summed E-state index contributed by atoms with van der Waals surface area (Å²) in [5, 5.41) is 2.75. The Bertz CT molecular complexity index is 814. The number of sulfonamides is 1. The van der Waals surface area contributed by atoms with Crippen LogP contribution in [-0.4, -0.2) is 36.7 Å². The molecule has 1 aromatic heterocycles. The van der Waals surface area contributed by atoms with Gasteiger partial charge in [0.2, 0.25) is 10.0 Å². The minimum Gasteiger partial charge on any atom is -0.321 e. The van der Waals surface area contributed by atoms with Crippen molar-refractivity contribution in [3.05, 3.63) is 59.9 Å². The Morgan fingerprint density at radius 1 is 1.08 bits per heavy atom. The van der Waals surface area contributed by atoms with Gasteiger partial charge in [0, 0.05) is 24.8 Å². The quantitative estimate of drug-likeness (QED) is 0.890. The van der Waals surface area contributed by atoms with Gasteiger partial charge in [0.05, 0.1) is 17.6 Å². The Labute approximate surface area is 147 Å². The first-order valence-electron chi connectivity index (χ1n) is 8.33. The topological polar surface area (TPSA) is 79.4 Å². The fraction of sp³-hybridized carbons (Fsp3) is 0.333. The first kappa shape index (κ1) is 17.6.